The van der Waals surface area contributed by atoms with Crippen LogP contribution in [0.5, 0.6) is 0 Å². The molecule has 1 nitrogen and oxygen atoms in total. The molecule has 0 bridgehead atoms. The first-order chi connectivity index (χ1) is 5.24. The standard InChI is InChI=1S/C7H6F3N/c8-6-2-1-5(4-11-10)3-7(6)9/h1-3,11H,4H2. The minimum absolute atomic E-state index is 0.114. The van der Waals surface area contributed by atoms with E-state index >= 15 is 0 Å². The predicted octanol–water partition coefficient (Wildman–Crippen LogP) is 1.94. The lowest BCUT2D eigenvalue weighted by Crippen LogP contribution is -2.00. The predicted molar refractivity (Wildman–Crippen MR) is 34.3 cm³/mol. The van der Waals surface area contributed by atoms with E-state index in [1.165, 1.54) is 11.6 Å². The van der Waals surface area contributed by atoms with Gasteiger partial charge in [-0.3, -0.25) is 0 Å². The molecule has 0 aliphatic rings. The Morgan fingerprint density at radius 1 is 1.18 bits per heavy atom. The monoisotopic (exact) mass is 161 g/mol. The molecule has 1 aromatic rings. The molecule has 0 spiro atoms. The summed E-state index contributed by atoms with van der Waals surface area (Å²) in [5, 5.41) is 0. The highest BCUT2D eigenvalue weighted by atomic mass is 19.2. The average molecular weight is 161 g/mol. The number of halogens is 3. The number of nitrogens with one attached hydrogen (secondary N) is 1. The number of benzene rings is 1. The van der Waals surface area contributed by atoms with Gasteiger partial charge >= 0.3 is 0 Å². The maximum absolute atomic E-state index is 12.4. The molecule has 0 saturated heterocycles. The summed E-state index contributed by atoms with van der Waals surface area (Å²) in [6.07, 6.45) is 0. The molecule has 0 unspecified atom stereocenters. The van der Waals surface area contributed by atoms with Crippen molar-refractivity contribution in [1.82, 2.24) is 5.54 Å². The molecule has 0 amide bonds. The van der Waals surface area contributed by atoms with Crippen molar-refractivity contribution >= 4 is 0 Å². The van der Waals surface area contributed by atoms with Crippen molar-refractivity contribution in [3.05, 3.63) is 35.4 Å². The van der Waals surface area contributed by atoms with Crippen LogP contribution in [0.2, 0.25) is 0 Å². The molecule has 0 aliphatic carbocycles. The van der Waals surface area contributed by atoms with E-state index in [9.17, 15) is 13.3 Å². The van der Waals surface area contributed by atoms with Gasteiger partial charge in [-0.25, -0.2) is 8.78 Å². The Kier molecular flexibility index (Phi) is 2.48. The van der Waals surface area contributed by atoms with Gasteiger partial charge in [-0.1, -0.05) is 6.07 Å². The maximum atomic E-state index is 12.4. The Morgan fingerprint density at radius 3 is 2.45 bits per heavy atom. The quantitative estimate of drug-likeness (QED) is 0.653. The lowest BCUT2D eigenvalue weighted by atomic mass is 10.2. The fourth-order valence-electron chi connectivity index (χ4n) is 0.727. The van der Waals surface area contributed by atoms with Gasteiger partial charge in [0.25, 0.3) is 0 Å². The highest BCUT2D eigenvalue weighted by Crippen LogP contribution is 2.07. The van der Waals surface area contributed by atoms with Crippen molar-refractivity contribution in [2.45, 2.75) is 6.54 Å². The van der Waals surface area contributed by atoms with Crippen LogP contribution in [-0.4, -0.2) is 0 Å². The molecule has 0 aromatic heterocycles. The van der Waals surface area contributed by atoms with Crippen molar-refractivity contribution in [3.8, 4) is 0 Å². The van der Waals surface area contributed by atoms with Crippen molar-refractivity contribution in [1.29, 1.82) is 0 Å². The normalized spacial score (nSPS) is 10.1. The van der Waals surface area contributed by atoms with Gasteiger partial charge in [0.2, 0.25) is 0 Å². The first-order valence-corrected chi connectivity index (χ1v) is 3.01. The van der Waals surface area contributed by atoms with Gasteiger partial charge in [0.05, 0.1) is 6.54 Å². The first kappa shape index (κ1) is 8.07. The van der Waals surface area contributed by atoms with E-state index in [1.807, 2.05) is 0 Å². The Bertz CT molecular complexity index is 249. The smallest absolute Gasteiger partial charge is 0.159 e. The fourth-order valence-corrected chi connectivity index (χ4v) is 0.727. The van der Waals surface area contributed by atoms with Crippen molar-refractivity contribution in [2.75, 3.05) is 0 Å². The van der Waals surface area contributed by atoms with E-state index in [0.717, 1.165) is 12.1 Å². The van der Waals surface area contributed by atoms with Gasteiger partial charge in [0.15, 0.2) is 11.6 Å². The molecule has 60 valence electrons. The highest BCUT2D eigenvalue weighted by Gasteiger charge is 2.01. The zero-order chi connectivity index (χ0) is 8.27. The fraction of sp³-hybridized carbons (Fsp3) is 0.143. The van der Waals surface area contributed by atoms with Gasteiger partial charge in [-0.05, 0) is 17.7 Å². The van der Waals surface area contributed by atoms with E-state index in [-0.39, 0.29) is 6.54 Å². The maximum Gasteiger partial charge on any atom is 0.159 e. The molecule has 1 rings (SSSR count). The average Bonchev–Trinajstić information content (AvgIpc) is 1.98. The van der Waals surface area contributed by atoms with Crippen LogP contribution in [0.15, 0.2) is 18.2 Å². The number of hydrogen-bond donors (Lipinski definition) is 1. The van der Waals surface area contributed by atoms with Crippen molar-refractivity contribution < 1.29 is 13.3 Å². The second-order valence-corrected chi connectivity index (χ2v) is 2.06. The summed E-state index contributed by atoms with van der Waals surface area (Å²) in [6.45, 7) is -0.114. The first-order valence-electron chi connectivity index (χ1n) is 3.01. The minimum atomic E-state index is -0.960. The van der Waals surface area contributed by atoms with Gasteiger partial charge in [-0.2, -0.15) is 5.54 Å². The van der Waals surface area contributed by atoms with E-state index in [4.69, 9.17) is 0 Å². The Labute approximate surface area is 61.8 Å². The van der Waals surface area contributed by atoms with Crippen LogP contribution in [-0.2, 0) is 6.54 Å². The van der Waals surface area contributed by atoms with Crippen LogP contribution in [0.4, 0.5) is 13.3 Å². The van der Waals surface area contributed by atoms with E-state index in [2.05, 4.69) is 0 Å². The van der Waals surface area contributed by atoms with Gasteiger partial charge < -0.3 is 0 Å². The van der Waals surface area contributed by atoms with Gasteiger partial charge in [-0.15, -0.1) is 4.48 Å². The van der Waals surface area contributed by atoms with Crippen LogP contribution >= 0.6 is 0 Å². The summed E-state index contributed by atoms with van der Waals surface area (Å²) in [5.41, 5.74) is 1.71. The summed E-state index contributed by atoms with van der Waals surface area (Å²) in [5.74, 6) is -1.88. The van der Waals surface area contributed by atoms with Crippen molar-refractivity contribution in [3.63, 3.8) is 0 Å². The molecule has 0 aliphatic heterocycles. The molecule has 11 heavy (non-hydrogen) atoms. The molecule has 0 saturated carbocycles. The molecular formula is C7H6F3N. The lowest BCUT2D eigenvalue weighted by molar-refractivity contribution is 0.329. The molecule has 0 heterocycles. The second kappa shape index (κ2) is 3.39. The SMILES string of the molecule is FNCc1ccc(F)c(F)c1. The molecular weight excluding hydrogens is 155 g/mol. The Balaban J connectivity index is 2.86. The second-order valence-electron chi connectivity index (χ2n) is 2.06. The Hall–Kier alpha value is -1.03. The topological polar surface area (TPSA) is 12.0 Å². The molecule has 0 atom stereocenters. The minimum Gasteiger partial charge on any atom is -0.204 e. The summed E-state index contributed by atoms with van der Waals surface area (Å²) in [7, 11) is 0. The van der Waals surface area contributed by atoms with Crippen LogP contribution in [0.3, 0.4) is 0 Å². The van der Waals surface area contributed by atoms with Crippen LogP contribution in [0, 0.1) is 11.6 Å². The van der Waals surface area contributed by atoms with Gasteiger partial charge in [0.1, 0.15) is 0 Å². The van der Waals surface area contributed by atoms with Gasteiger partial charge in [0, 0.05) is 0 Å². The molecule has 1 aromatic carbocycles. The third-order valence-corrected chi connectivity index (χ3v) is 1.25. The summed E-state index contributed by atoms with van der Waals surface area (Å²) in [6, 6.07) is 3.22. The van der Waals surface area contributed by atoms with E-state index in [1.54, 1.807) is 0 Å². The summed E-state index contributed by atoms with van der Waals surface area (Å²) < 4.78 is 36.1. The third-order valence-electron chi connectivity index (χ3n) is 1.25. The molecule has 0 fully saturated rings. The highest BCUT2D eigenvalue weighted by molar-refractivity contribution is 5.17. The molecule has 4 heteroatoms. The zero-order valence-electron chi connectivity index (χ0n) is 5.57. The van der Waals surface area contributed by atoms with Crippen LogP contribution < -0.4 is 5.54 Å². The molecule has 1 N–H and O–H groups in total. The van der Waals surface area contributed by atoms with Crippen molar-refractivity contribution in [2.24, 2.45) is 0 Å². The lowest BCUT2D eigenvalue weighted by Gasteiger charge is -1.97. The third kappa shape index (κ3) is 1.94. The van der Waals surface area contributed by atoms with E-state index < -0.39 is 11.6 Å². The van der Waals surface area contributed by atoms with E-state index in [0.29, 0.717) is 5.56 Å². The summed E-state index contributed by atoms with van der Waals surface area (Å²) in [4.78, 5) is 0. The van der Waals surface area contributed by atoms with Crippen LogP contribution in [0.25, 0.3) is 0 Å². The number of hydrogen-bond acceptors (Lipinski definition) is 1. The zero-order valence-corrected chi connectivity index (χ0v) is 5.57. The largest absolute Gasteiger partial charge is 0.204 e. The number of rotatable bonds is 2. The molecule has 0 radical (unpaired) electrons. The Morgan fingerprint density at radius 2 is 1.91 bits per heavy atom. The van der Waals surface area contributed by atoms with Crippen LogP contribution in [0.1, 0.15) is 5.56 Å². The summed E-state index contributed by atoms with van der Waals surface area (Å²) >= 11 is 0.